The predicted molar refractivity (Wildman–Crippen MR) is 207 cm³/mol. The number of hydrogen-bond acceptors (Lipinski definition) is 5. The molecule has 4 atom stereocenters. The minimum atomic E-state index is -0.564. The van der Waals surface area contributed by atoms with E-state index in [1.54, 1.807) is 0 Å². The lowest BCUT2D eigenvalue weighted by Gasteiger charge is -2.46. The molecule has 4 aromatic carbocycles. The molecule has 6 aliphatic rings. The minimum absolute atomic E-state index is 0.249. The van der Waals surface area contributed by atoms with E-state index in [0.717, 1.165) is 82.3 Å². The van der Waals surface area contributed by atoms with Crippen LogP contribution in [-0.4, -0.2) is 23.7 Å². The van der Waals surface area contributed by atoms with E-state index in [2.05, 4.69) is 143 Å². The molecule has 11 rings (SSSR count). The smallest absolute Gasteiger partial charge is 0.132 e. The Labute approximate surface area is 304 Å². The first kappa shape index (κ1) is 29.8. The fourth-order valence-corrected chi connectivity index (χ4v) is 9.57. The number of benzene rings is 4. The quantitative estimate of drug-likeness (QED) is 0.193. The van der Waals surface area contributed by atoms with Gasteiger partial charge in [0.05, 0.1) is 23.3 Å². The van der Waals surface area contributed by atoms with Gasteiger partial charge in [-0.3, -0.25) is 10.3 Å². The SMILES string of the molecule is C1=CCC(N2c3ccc(-c4ccc5c(c4)Oc4ccccc4C54C5=C(C=CCC5)Oc5cc(-c6ccccn6)ccc54)cc3C3C=CCNC32)C=C1. The van der Waals surface area contributed by atoms with Crippen molar-refractivity contribution < 1.29 is 9.47 Å². The molecule has 2 aliphatic carbocycles. The Morgan fingerprint density at radius 3 is 2.40 bits per heavy atom. The van der Waals surface area contributed by atoms with Crippen molar-refractivity contribution in [3.05, 3.63) is 185 Å². The number of fused-ring (bicyclic) bond motifs is 10. The first-order valence-electron chi connectivity index (χ1n) is 18.5. The molecule has 5 nitrogen and oxygen atoms in total. The van der Waals surface area contributed by atoms with E-state index in [-0.39, 0.29) is 6.17 Å². The molecule has 0 bridgehead atoms. The van der Waals surface area contributed by atoms with Gasteiger partial charge in [-0.2, -0.15) is 0 Å². The Hall–Kier alpha value is -5.91. The average Bonchev–Trinajstić information content (AvgIpc) is 3.55. The van der Waals surface area contributed by atoms with E-state index in [4.69, 9.17) is 9.47 Å². The first-order valence-corrected chi connectivity index (χ1v) is 18.5. The summed E-state index contributed by atoms with van der Waals surface area (Å²) in [6.07, 6.45) is 23.0. The number of ether oxygens (including phenoxy) is 2. The molecule has 1 spiro atoms. The molecule has 0 saturated heterocycles. The third-order valence-corrected chi connectivity index (χ3v) is 11.8. The van der Waals surface area contributed by atoms with Gasteiger partial charge in [-0.25, -0.2) is 0 Å². The molecule has 52 heavy (non-hydrogen) atoms. The zero-order chi connectivity index (χ0) is 34.2. The van der Waals surface area contributed by atoms with E-state index >= 15 is 0 Å². The van der Waals surface area contributed by atoms with Gasteiger partial charge in [-0.1, -0.05) is 97.1 Å². The number of pyridine rings is 1. The number of anilines is 1. The third kappa shape index (κ3) is 4.29. The maximum atomic E-state index is 6.89. The zero-order valence-corrected chi connectivity index (χ0v) is 28.7. The lowest BCUT2D eigenvalue weighted by atomic mass is 9.60. The highest BCUT2D eigenvalue weighted by atomic mass is 16.5. The van der Waals surface area contributed by atoms with Crippen LogP contribution in [0.4, 0.5) is 5.69 Å². The van der Waals surface area contributed by atoms with Crippen molar-refractivity contribution >= 4 is 5.69 Å². The molecule has 4 aliphatic heterocycles. The van der Waals surface area contributed by atoms with Crippen LogP contribution < -0.4 is 19.7 Å². The number of rotatable bonds is 3. The van der Waals surface area contributed by atoms with E-state index in [1.165, 1.54) is 22.4 Å². The highest BCUT2D eigenvalue weighted by molar-refractivity contribution is 5.79. The standard InChI is InChI=1S/C47H37N3O2/c1-2-11-33(12-3-1)50-41-24-21-30(27-35(41)34-13-10-26-49-46(34)50)31-19-22-38-44(28-31)51-42-17-6-4-14-36(42)47(38)37-15-5-7-18-43(37)52-45-29-32(20-23-39(45)47)40-16-8-9-25-48-40/h1-4,6-11,13-14,16-25,27-29,33-34,46,49H,5,12,15,26H2. The summed E-state index contributed by atoms with van der Waals surface area (Å²) in [7, 11) is 0. The molecule has 1 N–H and O–H groups in total. The molecule has 5 heteroatoms. The molecular formula is C47H37N3O2. The van der Waals surface area contributed by atoms with Crippen LogP contribution in [0.25, 0.3) is 22.4 Å². The number of nitrogens with zero attached hydrogens (tertiary/aromatic N) is 2. The maximum Gasteiger partial charge on any atom is 0.132 e. The van der Waals surface area contributed by atoms with Crippen LogP contribution in [-0.2, 0) is 5.41 Å². The molecular weight excluding hydrogens is 639 g/mol. The number of aromatic nitrogens is 1. The maximum absolute atomic E-state index is 6.89. The summed E-state index contributed by atoms with van der Waals surface area (Å²) in [6.45, 7) is 0.892. The van der Waals surface area contributed by atoms with Crippen molar-refractivity contribution in [2.45, 2.75) is 42.8 Å². The topological polar surface area (TPSA) is 46.6 Å². The number of hydrogen-bond donors (Lipinski definition) is 1. The Morgan fingerprint density at radius 1 is 0.712 bits per heavy atom. The monoisotopic (exact) mass is 675 g/mol. The normalized spacial score (nSPS) is 24.3. The van der Waals surface area contributed by atoms with Crippen LogP contribution in [0.3, 0.4) is 0 Å². The molecule has 0 saturated carbocycles. The fourth-order valence-electron chi connectivity index (χ4n) is 9.57. The van der Waals surface area contributed by atoms with Crippen molar-refractivity contribution in [1.29, 1.82) is 0 Å². The summed E-state index contributed by atoms with van der Waals surface area (Å²) in [5.41, 5.74) is 11.2. The minimum Gasteiger partial charge on any atom is -0.457 e. The molecule has 0 amide bonds. The van der Waals surface area contributed by atoms with Gasteiger partial charge in [0, 0.05) is 46.6 Å². The van der Waals surface area contributed by atoms with Gasteiger partial charge in [0.15, 0.2) is 0 Å². The first-order chi connectivity index (χ1) is 25.8. The lowest BCUT2D eigenvalue weighted by Crippen LogP contribution is -2.51. The summed E-state index contributed by atoms with van der Waals surface area (Å²) < 4.78 is 13.7. The van der Waals surface area contributed by atoms with E-state index < -0.39 is 5.41 Å². The van der Waals surface area contributed by atoms with Gasteiger partial charge < -0.3 is 14.4 Å². The van der Waals surface area contributed by atoms with Gasteiger partial charge in [-0.15, -0.1) is 0 Å². The summed E-state index contributed by atoms with van der Waals surface area (Å²) in [6, 6.07) is 35.5. The van der Waals surface area contributed by atoms with Crippen molar-refractivity contribution in [3.8, 4) is 39.6 Å². The van der Waals surface area contributed by atoms with Crippen molar-refractivity contribution in [3.63, 3.8) is 0 Å². The fraction of sp³-hybridized carbons (Fsp3) is 0.170. The van der Waals surface area contributed by atoms with E-state index in [0.29, 0.717) is 12.0 Å². The van der Waals surface area contributed by atoms with Gasteiger partial charge in [0.2, 0.25) is 0 Å². The third-order valence-electron chi connectivity index (χ3n) is 11.8. The van der Waals surface area contributed by atoms with E-state index in [9.17, 15) is 0 Å². The average molecular weight is 676 g/mol. The molecule has 0 radical (unpaired) electrons. The second-order valence-electron chi connectivity index (χ2n) is 14.5. The number of allylic oxidation sites excluding steroid dienone is 5. The van der Waals surface area contributed by atoms with Crippen LogP contribution in [0, 0.1) is 0 Å². The predicted octanol–water partition coefficient (Wildman–Crippen LogP) is 10.1. The Morgan fingerprint density at radius 2 is 1.52 bits per heavy atom. The largest absolute Gasteiger partial charge is 0.457 e. The molecule has 252 valence electrons. The van der Waals surface area contributed by atoms with Crippen LogP contribution in [0.2, 0.25) is 0 Å². The molecule has 5 heterocycles. The summed E-state index contributed by atoms with van der Waals surface area (Å²) in [4.78, 5) is 7.24. The van der Waals surface area contributed by atoms with Crippen molar-refractivity contribution in [1.82, 2.24) is 10.3 Å². The van der Waals surface area contributed by atoms with Gasteiger partial charge in [0.1, 0.15) is 23.0 Å². The summed E-state index contributed by atoms with van der Waals surface area (Å²) in [5.74, 6) is 3.86. The van der Waals surface area contributed by atoms with Gasteiger partial charge >= 0.3 is 0 Å². The van der Waals surface area contributed by atoms with Crippen LogP contribution in [0.1, 0.15) is 47.4 Å². The highest BCUT2D eigenvalue weighted by Gasteiger charge is 2.51. The number of nitrogens with one attached hydrogen (secondary N) is 1. The Bertz CT molecular complexity index is 2440. The molecule has 4 unspecified atom stereocenters. The lowest BCUT2D eigenvalue weighted by molar-refractivity contribution is 0.367. The van der Waals surface area contributed by atoms with Gasteiger partial charge in [0.25, 0.3) is 0 Å². The molecule has 5 aromatic rings. The van der Waals surface area contributed by atoms with Crippen LogP contribution in [0.15, 0.2) is 163 Å². The van der Waals surface area contributed by atoms with Crippen LogP contribution in [0.5, 0.6) is 17.2 Å². The van der Waals surface area contributed by atoms with Crippen molar-refractivity contribution in [2.75, 3.05) is 11.4 Å². The molecule has 1 aromatic heterocycles. The van der Waals surface area contributed by atoms with Crippen molar-refractivity contribution in [2.24, 2.45) is 0 Å². The summed E-state index contributed by atoms with van der Waals surface area (Å²) >= 11 is 0. The second-order valence-corrected chi connectivity index (χ2v) is 14.5. The number of para-hydroxylation sites is 1. The second kappa shape index (κ2) is 11.6. The summed E-state index contributed by atoms with van der Waals surface area (Å²) in [5, 5.41) is 3.80. The van der Waals surface area contributed by atoms with Gasteiger partial charge in [-0.05, 0) is 90.1 Å². The Kier molecular flexibility index (Phi) is 6.62. The molecule has 0 fully saturated rings. The van der Waals surface area contributed by atoms with Crippen LogP contribution >= 0.6 is 0 Å². The highest BCUT2D eigenvalue weighted by Crippen LogP contribution is 2.61. The Balaban J connectivity index is 1.07. The zero-order valence-electron chi connectivity index (χ0n) is 28.7. The van der Waals surface area contributed by atoms with E-state index in [1.807, 2.05) is 24.4 Å².